The first-order valence-corrected chi connectivity index (χ1v) is 10.1. The maximum Gasteiger partial charge on any atom is 0.264 e. The lowest BCUT2D eigenvalue weighted by Gasteiger charge is -2.26. The van der Waals surface area contributed by atoms with Crippen LogP contribution >= 0.6 is 0 Å². The first kappa shape index (κ1) is 18.7. The highest BCUT2D eigenvalue weighted by molar-refractivity contribution is 5.91. The Kier molecular flexibility index (Phi) is 4.90. The molecular weight excluding hydrogens is 380 g/mol. The zero-order valence-corrected chi connectivity index (χ0v) is 16.5. The van der Waals surface area contributed by atoms with E-state index >= 15 is 0 Å². The molecule has 0 unspecified atom stereocenters. The van der Waals surface area contributed by atoms with Gasteiger partial charge in [-0.25, -0.2) is 4.98 Å². The van der Waals surface area contributed by atoms with Crippen LogP contribution in [0.5, 0.6) is 0 Å². The van der Waals surface area contributed by atoms with Gasteiger partial charge >= 0.3 is 0 Å². The lowest BCUT2D eigenvalue weighted by atomic mass is 10.2. The van der Waals surface area contributed by atoms with Crippen molar-refractivity contribution in [3.05, 3.63) is 81.6 Å². The van der Waals surface area contributed by atoms with E-state index in [9.17, 15) is 9.59 Å². The van der Waals surface area contributed by atoms with E-state index in [1.807, 2.05) is 42.5 Å². The summed E-state index contributed by atoms with van der Waals surface area (Å²) in [5.74, 6) is 0. The standard InChI is InChI=1S/C23H22N4O3/c28-22-18-16-19-21(7-9-27(23(19)29)17-4-2-1-3-5-17)24-20(18)6-8-26(22)11-10-25-12-14-30-15-13-25/h1-9,16H,10-15H2. The van der Waals surface area contributed by atoms with Gasteiger partial charge in [-0.05, 0) is 30.3 Å². The molecule has 1 aliphatic rings. The summed E-state index contributed by atoms with van der Waals surface area (Å²) in [6.07, 6.45) is 3.51. The Bertz CT molecular complexity index is 1320. The van der Waals surface area contributed by atoms with Crippen molar-refractivity contribution in [2.45, 2.75) is 6.54 Å². The average molecular weight is 402 g/mol. The quantitative estimate of drug-likeness (QED) is 0.489. The van der Waals surface area contributed by atoms with Crippen molar-refractivity contribution in [1.29, 1.82) is 0 Å². The molecule has 30 heavy (non-hydrogen) atoms. The molecule has 0 spiro atoms. The third kappa shape index (κ3) is 3.42. The molecule has 1 fully saturated rings. The molecule has 1 saturated heterocycles. The number of ether oxygens (including phenoxy) is 1. The fourth-order valence-corrected chi connectivity index (χ4v) is 3.91. The minimum Gasteiger partial charge on any atom is -0.379 e. The fraction of sp³-hybridized carbons (Fsp3) is 0.261. The molecule has 1 aromatic carbocycles. The molecule has 152 valence electrons. The van der Waals surface area contributed by atoms with Gasteiger partial charge in [-0.2, -0.15) is 0 Å². The second kappa shape index (κ2) is 7.85. The predicted octanol–water partition coefficient (Wildman–Crippen LogP) is 2.03. The number of hydrogen-bond acceptors (Lipinski definition) is 5. The average Bonchev–Trinajstić information content (AvgIpc) is 2.79. The normalized spacial score (nSPS) is 15.1. The number of fused-ring (bicyclic) bond motifs is 2. The zero-order chi connectivity index (χ0) is 20.5. The first-order chi connectivity index (χ1) is 14.7. The van der Waals surface area contributed by atoms with Crippen molar-refractivity contribution in [2.24, 2.45) is 0 Å². The number of nitrogens with zero attached hydrogens (tertiary/aromatic N) is 4. The summed E-state index contributed by atoms with van der Waals surface area (Å²) < 4.78 is 8.65. The van der Waals surface area contributed by atoms with Gasteiger partial charge in [0.25, 0.3) is 11.1 Å². The first-order valence-electron chi connectivity index (χ1n) is 10.1. The van der Waals surface area contributed by atoms with Gasteiger partial charge in [0.2, 0.25) is 0 Å². The van der Waals surface area contributed by atoms with Crippen LogP contribution in [0.1, 0.15) is 0 Å². The van der Waals surface area contributed by atoms with E-state index in [1.54, 1.807) is 27.6 Å². The van der Waals surface area contributed by atoms with Gasteiger partial charge < -0.3 is 9.30 Å². The third-order valence-corrected chi connectivity index (χ3v) is 5.61. The molecule has 5 rings (SSSR count). The largest absolute Gasteiger partial charge is 0.379 e. The molecule has 0 atom stereocenters. The van der Waals surface area contributed by atoms with Gasteiger partial charge in [0.15, 0.2) is 0 Å². The highest BCUT2D eigenvalue weighted by Gasteiger charge is 2.13. The summed E-state index contributed by atoms with van der Waals surface area (Å²) in [6, 6.07) is 14.8. The van der Waals surface area contributed by atoms with Gasteiger partial charge in [0.1, 0.15) is 0 Å². The number of rotatable bonds is 4. The lowest BCUT2D eigenvalue weighted by molar-refractivity contribution is 0.0363. The molecule has 4 aromatic rings. The van der Waals surface area contributed by atoms with Crippen LogP contribution in [-0.4, -0.2) is 51.9 Å². The summed E-state index contributed by atoms with van der Waals surface area (Å²) in [5.41, 5.74) is 1.67. The Morgan fingerprint density at radius 1 is 0.833 bits per heavy atom. The van der Waals surface area contributed by atoms with E-state index in [0.29, 0.717) is 28.4 Å². The minimum atomic E-state index is -0.184. The number of pyridine rings is 3. The monoisotopic (exact) mass is 402 g/mol. The number of para-hydroxylation sites is 1. The van der Waals surface area contributed by atoms with Gasteiger partial charge in [-0.1, -0.05) is 18.2 Å². The van der Waals surface area contributed by atoms with Crippen molar-refractivity contribution < 1.29 is 4.74 Å². The second-order valence-electron chi connectivity index (χ2n) is 7.45. The highest BCUT2D eigenvalue weighted by Crippen LogP contribution is 2.15. The third-order valence-electron chi connectivity index (χ3n) is 5.61. The van der Waals surface area contributed by atoms with Gasteiger partial charge in [0, 0.05) is 44.3 Å². The van der Waals surface area contributed by atoms with E-state index in [2.05, 4.69) is 9.88 Å². The van der Waals surface area contributed by atoms with Crippen molar-refractivity contribution in [2.75, 3.05) is 32.8 Å². The molecule has 7 nitrogen and oxygen atoms in total. The van der Waals surface area contributed by atoms with Crippen molar-refractivity contribution in [3.8, 4) is 5.69 Å². The molecule has 3 aromatic heterocycles. The fourth-order valence-electron chi connectivity index (χ4n) is 3.91. The topological polar surface area (TPSA) is 69.4 Å². The van der Waals surface area contributed by atoms with Crippen LogP contribution in [0.15, 0.2) is 70.5 Å². The zero-order valence-electron chi connectivity index (χ0n) is 16.5. The van der Waals surface area contributed by atoms with Crippen LogP contribution in [0.2, 0.25) is 0 Å². The maximum atomic E-state index is 13.1. The summed E-state index contributed by atoms with van der Waals surface area (Å²) in [4.78, 5) is 33.0. The molecular formula is C23H22N4O3. The maximum absolute atomic E-state index is 13.1. The highest BCUT2D eigenvalue weighted by atomic mass is 16.5. The lowest BCUT2D eigenvalue weighted by Crippen LogP contribution is -2.39. The Balaban J connectivity index is 1.56. The predicted molar refractivity (Wildman–Crippen MR) is 116 cm³/mol. The Labute approximate surface area is 172 Å². The number of hydrogen-bond donors (Lipinski definition) is 0. The molecule has 0 N–H and O–H groups in total. The van der Waals surface area contributed by atoms with E-state index in [0.717, 1.165) is 38.5 Å². The smallest absolute Gasteiger partial charge is 0.264 e. The van der Waals surface area contributed by atoms with E-state index in [1.165, 1.54) is 0 Å². The Morgan fingerprint density at radius 3 is 2.30 bits per heavy atom. The van der Waals surface area contributed by atoms with E-state index < -0.39 is 0 Å². The van der Waals surface area contributed by atoms with Crippen LogP contribution in [0.25, 0.3) is 27.5 Å². The Hall–Kier alpha value is -3.29. The van der Waals surface area contributed by atoms with Gasteiger partial charge in [0.05, 0.1) is 35.0 Å². The van der Waals surface area contributed by atoms with Crippen molar-refractivity contribution >= 4 is 21.8 Å². The van der Waals surface area contributed by atoms with Crippen LogP contribution in [0.4, 0.5) is 0 Å². The van der Waals surface area contributed by atoms with Crippen molar-refractivity contribution in [1.82, 2.24) is 19.0 Å². The van der Waals surface area contributed by atoms with Crippen LogP contribution in [0.3, 0.4) is 0 Å². The molecule has 4 heterocycles. The summed E-state index contributed by atoms with van der Waals surface area (Å²) in [6.45, 7) is 4.61. The van der Waals surface area contributed by atoms with Crippen molar-refractivity contribution in [3.63, 3.8) is 0 Å². The van der Waals surface area contributed by atoms with Crippen LogP contribution in [0, 0.1) is 0 Å². The van der Waals surface area contributed by atoms with Crippen LogP contribution in [-0.2, 0) is 11.3 Å². The van der Waals surface area contributed by atoms with Gasteiger partial charge in [-0.15, -0.1) is 0 Å². The molecule has 0 amide bonds. The summed E-state index contributed by atoms with van der Waals surface area (Å²) in [7, 11) is 0. The summed E-state index contributed by atoms with van der Waals surface area (Å²) >= 11 is 0. The SMILES string of the molecule is O=c1c2cc3c(=O)n(-c4ccccc4)ccc3nc2ccn1CCN1CCOCC1. The molecule has 0 saturated carbocycles. The number of aromatic nitrogens is 3. The molecule has 7 heteroatoms. The van der Waals surface area contributed by atoms with Crippen LogP contribution < -0.4 is 11.1 Å². The Morgan fingerprint density at radius 2 is 1.53 bits per heavy atom. The van der Waals surface area contributed by atoms with E-state index in [4.69, 9.17) is 4.74 Å². The number of benzene rings is 1. The molecule has 0 radical (unpaired) electrons. The van der Waals surface area contributed by atoms with Gasteiger partial charge in [-0.3, -0.25) is 19.1 Å². The summed E-state index contributed by atoms with van der Waals surface area (Å²) in [5, 5.41) is 0.909. The second-order valence-corrected chi connectivity index (χ2v) is 7.45. The minimum absolute atomic E-state index is 0.121. The number of morpholine rings is 1. The molecule has 0 bridgehead atoms. The molecule has 1 aliphatic heterocycles. The van der Waals surface area contributed by atoms with E-state index in [-0.39, 0.29) is 11.1 Å². The molecule has 0 aliphatic carbocycles.